The van der Waals surface area contributed by atoms with E-state index in [2.05, 4.69) is 14.9 Å². The summed E-state index contributed by atoms with van der Waals surface area (Å²) in [5.74, 6) is -0.228. The van der Waals surface area contributed by atoms with Crippen molar-refractivity contribution < 1.29 is 21.2 Å². The molecule has 3 aromatic carbocycles. The molecular formula is C28H30FN5O4S2. The van der Waals surface area contributed by atoms with Crippen molar-refractivity contribution in [3.63, 3.8) is 0 Å². The fourth-order valence-corrected chi connectivity index (χ4v) is 8.24. The summed E-state index contributed by atoms with van der Waals surface area (Å²) in [4.78, 5) is 4.34. The van der Waals surface area contributed by atoms with E-state index >= 15 is 0 Å². The van der Waals surface area contributed by atoms with Crippen LogP contribution in [0, 0.1) is 5.82 Å². The predicted molar refractivity (Wildman–Crippen MR) is 152 cm³/mol. The average molecular weight is 584 g/mol. The van der Waals surface area contributed by atoms with E-state index in [4.69, 9.17) is 0 Å². The number of halogens is 1. The third kappa shape index (κ3) is 4.08. The number of benzene rings is 3. The Hall–Kier alpha value is -3.48. The van der Waals surface area contributed by atoms with Crippen molar-refractivity contribution in [2.75, 3.05) is 50.6 Å². The summed E-state index contributed by atoms with van der Waals surface area (Å²) in [7, 11) is -2.91. The van der Waals surface area contributed by atoms with Crippen molar-refractivity contribution in [1.82, 2.24) is 13.5 Å². The lowest BCUT2D eigenvalue weighted by Gasteiger charge is -2.41. The van der Waals surface area contributed by atoms with Crippen LogP contribution in [0.5, 0.6) is 0 Å². The molecule has 0 unspecified atom stereocenters. The first-order valence-electron chi connectivity index (χ1n) is 13.0. The van der Waals surface area contributed by atoms with Crippen LogP contribution in [0.25, 0.3) is 10.9 Å². The number of hydrogen-bond donors (Lipinski definition) is 0. The van der Waals surface area contributed by atoms with Gasteiger partial charge in [0.1, 0.15) is 5.82 Å². The Morgan fingerprint density at radius 2 is 1.57 bits per heavy atom. The average Bonchev–Trinajstić information content (AvgIpc) is 3.49. The van der Waals surface area contributed by atoms with Gasteiger partial charge in [0.25, 0.3) is 10.0 Å². The van der Waals surface area contributed by atoms with Gasteiger partial charge in [-0.15, -0.1) is 0 Å². The van der Waals surface area contributed by atoms with E-state index in [-0.39, 0.29) is 21.0 Å². The zero-order valence-electron chi connectivity index (χ0n) is 22.4. The van der Waals surface area contributed by atoms with Crippen LogP contribution in [0.1, 0.15) is 18.4 Å². The van der Waals surface area contributed by atoms with E-state index in [1.807, 2.05) is 25.2 Å². The first-order valence-corrected chi connectivity index (χ1v) is 15.8. The molecule has 0 amide bonds. The second kappa shape index (κ2) is 9.28. The lowest BCUT2D eigenvalue weighted by molar-refractivity contribution is 0.354. The van der Waals surface area contributed by atoms with Gasteiger partial charge >= 0.3 is 0 Å². The van der Waals surface area contributed by atoms with Gasteiger partial charge in [-0.25, -0.2) is 17.1 Å². The molecule has 40 heavy (non-hydrogen) atoms. The third-order valence-electron chi connectivity index (χ3n) is 8.23. The molecule has 210 valence electrons. The van der Waals surface area contributed by atoms with E-state index in [0.717, 1.165) is 57.6 Å². The van der Waals surface area contributed by atoms with Crippen LogP contribution in [0.15, 0.2) is 76.7 Å². The normalized spacial score (nSPS) is 17.2. The highest BCUT2D eigenvalue weighted by Crippen LogP contribution is 2.47. The highest BCUT2D eigenvalue weighted by Gasteiger charge is 2.44. The highest BCUT2D eigenvalue weighted by molar-refractivity contribution is 7.90. The SMILES string of the molecule is CN1CC2(CCN(c3cccc4c3cnn4S(=O)(=O)c3ccc(S(=O)(=O)N(C)C)cc3)CC2)c2ccc(F)cc21. The Kier molecular flexibility index (Phi) is 6.20. The highest BCUT2D eigenvalue weighted by atomic mass is 32.2. The molecule has 0 aliphatic carbocycles. The van der Waals surface area contributed by atoms with Gasteiger partial charge in [0.15, 0.2) is 0 Å². The number of hydrogen-bond acceptors (Lipinski definition) is 7. The molecule has 12 heteroatoms. The van der Waals surface area contributed by atoms with Gasteiger partial charge in [0.2, 0.25) is 10.0 Å². The topological polar surface area (TPSA) is 95.8 Å². The van der Waals surface area contributed by atoms with Crippen LogP contribution in [0.4, 0.5) is 15.8 Å². The van der Waals surface area contributed by atoms with Gasteiger partial charge in [-0.05, 0) is 66.9 Å². The Morgan fingerprint density at radius 1 is 0.900 bits per heavy atom. The molecular weight excluding hydrogens is 553 g/mol. The molecule has 1 fully saturated rings. The number of sulfonamides is 1. The molecule has 6 rings (SSSR count). The summed E-state index contributed by atoms with van der Waals surface area (Å²) >= 11 is 0. The summed E-state index contributed by atoms with van der Waals surface area (Å²) in [6.07, 6.45) is 3.35. The van der Waals surface area contributed by atoms with Gasteiger partial charge in [-0.2, -0.15) is 17.6 Å². The summed E-state index contributed by atoms with van der Waals surface area (Å²) in [6.45, 7) is 2.38. The molecule has 1 aromatic heterocycles. The van der Waals surface area contributed by atoms with Crippen molar-refractivity contribution in [1.29, 1.82) is 0 Å². The fourth-order valence-electron chi connectivity index (χ4n) is 6.07. The zero-order chi connectivity index (χ0) is 28.4. The van der Waals surface area contributed by atoms with Gasteiger partial charge in [0.05, 0.1) is 21.5 Å². The molecule has 1 spiro atoms. The van der Waals surface area contributed by atoms with E-state index in [9.17, 15) is 21.2 Å². The molecule has 3 heterocycles. The van der Waals surface area contributed by atoms with Gasteiger partial charge < -0.3 is 9.80 Å². The standard InChI is InChI=1S/C28H30FN5O4S2/c1-31(2)39(35,36)21-8-10-22(11-9-21)40(37,38)34-26-6-4-5-25(23(26)18-30-34)33-15-13-28(14-16-33)19-32(3)27-17-20(29)7-12-24(27)28/h4-12,17-18H,13-16,19H2,1-3H3. The van der Waals surface area contributed by atoms with Crippen molar-refractivity contribution in [2.45, 2.75) is 28.0 Å². The number of aromatic nitrogens is 2. The van der Waals surface area contributed by atoms with Crippen LogP contribution >= 0.6 is 0 Å². The van der Waals surface area contributed by atoms with Crippen LogP contribution in [0.3, 0.4) is 0 Å². The first kappa shape index (κ1) is 26.7. The fraction of sp³-hybridized carbons (Fsp3) is 0.321. The number of fused-ring (bicyclic) bond motifs is 3. The maximum absolute atomic E-state index is 13.9. The second-order valence-electron chi connectivity index (χ2n) is 10.7. The van der Waals surface area contributed by atoms with Crippen molar-refractivity contribution in [3.05, 3.63) is 78.2 Å². The summed E-state index contributed by atoms with van der Waals surface area (Å²) in [5, 5.41) is 4.97. The molecule has 0 bridgehead atoms. The van der Waals surface area contributed by atoms with Crippen molar-refractivity contribution in [2.24, 2.45) is 0 Å². The monoisotopic (exact) mass is 583 g/mol. The Balaban J connectivity index is 1.28. The second-order valence-corrected chi connectivity index (χ2v) is 14.7. The molecule has 4 aromatic rings. The van der Waals surface area contributed by atoms with Crippen molar-refractivity contribution in [3.8, 4) is 0 Å². The van der Waals surface area contributed by atoms with Crippen LogP contribution in [-0.4, -0.2) is 71.1 Å². The Morgan fingerprint density at radius 3 is 2.25 bits per heavy atom. The van der Waals surface area contributed by atoms with E-state index in [1.54, 1.807) is 18.3 Å². The molecule has 0 saturated carbocycles. The van der Waals surface area contributed by atoms with Gasteiger partial charge in [-0.3, -0.25) is 0 Å². The molecule has 9 nitrogen and oxygen atoms in total. The summed E-state index contributed by atoms with van der Waals surface area (Å²) < 4.78 is 67.8. The number of anilines is 2. The molecule has 2 aliphatic heterocycles. The molecule has 0 radical (unpaired) electrons. The van der Waals surface area contributed by atoms with Crippen LogP contribution in [0.2, 0.25) is 0 Å². The first-order chi connectivity index (χ1) is 18.9. The minimum Gasteiger partial charge on any atom is -0.373 e. The molecule has 1 saturated heterocycles. The minimum absolute atomic E-state index is 0.00754. The predicted octanol–water partition coefficient (Wildman–Crippen LogP) is 3.65. The molecule has 0 N–H and O–H groups in total. The third-order valence-corrected chi connectivity index (χ3v) is 11.7. The Labute approximate surface area is 233 Å². The van der Waals surface area contributed by atoms with Crippen LogP contribution < -0.4 is 9.80 Å². The van der Waals surface area contributed by atoms with E-state index in [0.29, 0.717) is 5.52 Å². The summed E-state index contributed by atoms with van der Waals surface area (Å²) in [6, 6.07) is 15.7. The number of likely N-dealkylation sites (N-methyl/N-ethyl adjacent to an activating group) is 1. The van der Waals surface area contributed by atoms with Gasteiger partial charge in [-0.1, -0.05) is 12.1 Å². The number of rotatable bonds is 5. The number of piperidine rings is 1. The molecule has 0 atom stereocenters. The molecule has 2 aliphatic rings. The Bertz CT molecular complexity index is 1830. The van der Waals surface area contributed by atoms with Gasteiger partial charge in [0, 0.05) is 63.0 Å². The maximum Gasteiger partial charge on any atom is 0.283 e. The quantitative estimate of drug-likeness (QED) is 0.354. The summed E-state index contributed by atoms with van der Waals surface area (Å²) in [5.41, 5.74) is 3.46. The van der Waals surface area contributed by atoms with Crippen molar-refractivity contribution >= 4 is 42.3 Å². The largest absolute Gasteiger partial charge is 0.373 e. The maximum atomic E-state index is 13.9. The smallest absolute Gasteiger partial charge is 0.283 e. The zero-order valence-corrected chi connectivity index (χ0v) is 24.1. The van der Waals surface area contributed by atoms with Crippen LogP contribution in [-0.2, 0) is 25.5 Å². The minimum atomic E-state index is -4.07. The lowest BCUT2D eigenvalue weighted by Crippen LogP contribution is -2.44. The number of nitrogens with zero attached hydrogens (tertiary/aromatic N) is 5. The van der Waals surface area contributed by atoms with E-state index in [1.165, 1.54) is 50.0 Å². The van der Waals surface area contributed by atoms with E-state index < -0.39 is 20.0 Å². The lowest BCUT2D eigenvalue weighted by atomic mass is 9.74.